The van der Waals surface area contributed by atoms with Gasteiger partial charge in [-0.1, -0.05) is 15.9 Å². The van der Waals surface area contributed by atoms with E-state index in [0.717, 1.165) is 17.3 Å². The molecule has 0 aliphatic carbocycles. The van der Waals surface area contributed by atoms with Gasteiger partial charge in [0.25, 0.3) is 0 Å². The van der Waals surface area contributed by atoms with Gasteiger partial charge in [-0.15, -0.1) is 0 Å². The van der Waals surface area contributed by atoms with Crippen molar-refractivity contribution in [2.75, 3.05) is 6.54 Å². The normalized spacial score (nSPS) is 23.8. The lowest BCUT2D eigenvalue weighted by molar-refractivity contribution is 0.0520. The van der Waals surface area contributed by atoms with Crippen molar-refractivity contribution >= 4 is 22.0 Å². The second kappa shape index (κ2) is 5.56. The van der Waals surface area contributed by atoms with E-state index in [2.05, 4.69) is 20.9 Å². The molecule has 2 atom stereocenters. The summed E-state index contributed by atoms with van der Waals surface area (Å²) >= 11 is 3.35. The van der Waals surface area contributed by atoms with Crippen LogP contribution in [0.3, 0.4) is 0 Å². The highest BCUT2D eigenvalue weighted by Crippen LogP contribution is 2.22. The van der Waals surface area contributed by atoms with E-state index in [0.29, 0.717) is 12.4 Å². The highest BCUT2D eigenvalue weighted by atomic mass is 79.9. The molecule has 0 saturated carbocycles. The summed E-state index contributed by atoms with van der Waals surface area (Å²) in [4.78, 5) is 16.6. The smallest absolute Gasteiger partial charge is 0.407 e. The first-order valence-electron chi connectivity index (χ1n) is 5.84. The first kappa shape index (κ1) is 13.1. The van der Waals surface area contributed by atoms with Gasteiger partial charge in [-0.25, -0.2) is 9.78 Å². The Bertz CT molecular complexity index is 441. The molecular formula is C12H15BrN2O3. The molecule has 1 N–H and O–H groups in total. The number of hydrogen-bond donors (Lipinski definition) is 1. The Balaban J connectivity index is 2.00. The molecule has 6 heteroatoms. The molecule has 0 aromatic carbocycles. The molecule has 1 aromatic rings. The standard InChI is InChI=1S/C12H15BrN2O3/c1-8-2-3-10(7-15(8)12(16)17)18-11-6-9(13)4-5-14-11/h4-6,8,10H,2-3,7H2,1H3,(H,16,17). The van der Waals surface area contributed by atoms with Crippen molar-refractivity contribution in [3.8, 4) is 5.88 Å². The SMILES string of the molecule is CC1CCC(Oc2cc(Br)ccn2)CN1C(=O)O. The maximum Gasteiger partial charge on any atom is 0.407 e. The second-order valence-electron chi connectivity index (χ2n) is 4.41. The fourth-order valence-corrected chi connectivity index (χ4v) is 2.37. The molecule has 5 nitrogen and oxygen atoms in total. The number of piperidine rings is 1. The number of rotatable bonds is 2. The predicted octanol–water partition coefficient (Wildman–Crippen LogP) is 2.75. The Morgan fingerprint density at radius 1 is 1.61 bits per heavy atom. The van der Waals surface area contributed by atoms with Gasteiger partial charge in [0, 0.05) is 22.8 Å². The minimum atomic E-state index is -0.891. The van der Waals surface area contributed by atoms with Crippen molar-refractivity contribution in [3.63, 3.8) is 0 Å². The number of likely N-dealkylation sites (tertiary alicyclic amines) is 1. The van der Waals surface area contributed by atoms with Crippen molar-refractivity contribution in [1.29, 1.82) is 0 Å². The van der Waals surface area contributed by atoms with Crippen LogP contribution in [0.4, 0.5) is 4.79 Å². The molecule has 1 aliphatic rings. The van der Waals surface area contributed by atoms with E-state index >= 15 is 0 Å². The molecule has 0 bridgehead atoms. The molecule has 0 spiro atoms. The largest absolute Gasteiger partial charge is 0.472 e. The Morgan fingerprint density at radius 3 is 3.06 bits per heavy atom. The van der Waals surface area contributed by atoms with E-state index in [1.165, 1.54) is 4.90 Å². The molecule has 2 rings (SSSR count). The molecule has 1 fully saturated rings. The number of hydrogen-bond acceptors (Lipinski definition) is 3. The number of ether oxygens (including phenoxy) is 1. The number of amides is 1. The van der Waals surface area contributed by atoms with Crippen LogP contribution < -0.4 is 4.74 Å². The maximum absolute atomic E-state index is 11.1. The third-order valence-electron chi connectivity index (χ3n) is 3.07. The van der Waals surface area contributed by atoms with Crippen LogP contribution in [0.25, 0.3) is 0 Å². The molecule has 0 radical (unpaired) electrons. The summed E-state index contributed by atoms with van der Waals surface area (Å²) in [5, 5.41) is 9.08. The third-order valence-corrected chi connectivity index (χ3v) is 3.56. The Labute approximate surface area is 114 Å². The molecule has 1 saturated heterocycles. The van der Waals surface area contributed by atoms with Crippen molar-refractivity contribution in [2.24, 2.45) is 0 Å². The van der Waals surface area contributed by atoms with Crippen molar-refractivity contribution in [1.82, 2.24) is 9.88 Å². The maximum atomic E-state index is 11.1. The van der Waals surface area contributed by atoms with E-state index in [9.17, 15) is 4.79 Å². The minimum absolute atomic E-state index is 0.0535. The summed E-state index contributed by atoms with van der Waals surface area (Å²) in [6, 6.07) is 3.65. The number of halogens is 1. The van der Waals surface area contributed by atoms with Crippen LogP contribution in [-0.4, -0.2) is 39.8 Å². The van der Waals surface area contributed by atoms with Crippen LogP contribution >= 0.6 is 15.9 Å². The summed E-state index contributed by atoms with van der Waals surface area (Å²) in [6.45, 7) is 2.31. The Morgan fingerprint density at radius 2 is 2.39 bits per heavy atom. The van der Waals surface area contributed by atoms with Gasteiger partial charge >= 0.3 is 6.09 Å². The molecule has 1 aliphatic heterocycles. The van der Waals surface area contributed by atoms with E-state index in [-0.39, 0.29) is 12.1 Å². The predicted molar refractivity (Wildman–Crippen MR) is 69.8 cm³/mol. The third kappa shape index (κ3) is 3.13. The summed E-state index contributed by atoms with van der Waals surface area (Å²) in [7, 11) is 0. The van der Waals surface area contributed by atoms with E-state index in [1.807, 2.05) is 13.0 Å². The summed E-state index contributed by atoms with van der Waals surface area (Å²) in [6.07, 6.45) is 2.29. The average Bonchev–Trinajstić information content (AvgIpc) is 2.31. The second-order valence-corrected chi connectivity index (χ2v) is 5.33. The van der Waals surface area contributed by atoms with Crippen LogP contribution in [0.15, 0.2) is 22.8 Å². The van der Waals surface area contributed by atoms with E-state index in [1.54, 1.807) is 12.3 Å². The highest BCUT2D eigenvalue weighted by molar-refractivity contribution is 9.10. The number of carbonyl (C=O) groups is 1. The van der Waals surface area contributed by atoms with Gasteiger partial charge < -0.3 is 14.7 Å². The number of carboxylic acid groups (broad SMARTS) is 1. The summed E-state index contributed by atoms with van der Waals surface area (Å²) < 4.78 is 6.61. The van der Waals surface area contributed by atoms with E-state index < -0.39 is 6.09 Å². The van der Waals surface area contributed by atoms with Gasteiger partial charge in [0.2, 0.25) is 5.88 Å². The van der Waals surface area contributed by atoms with Crippen LogP contribution in [0.1, 0.15) is 19.8 Å². The molecule has 1 aromatic heterocycles. The van der Waals surface area contributed by atoms with Gasteiger partial charge in [-0.3, -0.25) is 0 Å². The van der Waals surface area contributed by atoms with Gasteiger partial charge in [-0.2, -0.15) is 0 Å². The van der Waals surface area contributed by atoms with Crippen LogP contribution in [-0.2, 0) is 0 Å². The van der Waals surface area contributed by atoms with E-state index in [4.69, 9.17) is 9.84 Å². The van der Waals surface area contributed by atoms with Gasteiger partial charge in [0.15, 0.2) is 0 Å². The fourth-order valence-electron chi connectivity index (χ4n) is 2.06. The minimum Gasteiger partial charge on any atom is -0.472 e. The lowest BCUT2D eigenvalue weighted by Gasteiger charge is -2.35. The molecule has 98 valence electrons. The highest BCUT2D eigenvalue weighted by Gasteiger charge is 2.30. The van der Waals surface area contributed by atoms with Crippen LogP contribution in [0.5, 0.6) is 5.88 Å². The van der Waals surface area contributed by atoms with Gasteiger partial charge in [0.1, 0.15) is 6.10 Å². The number of aromatic nitrogens is 1. The molecular weight excluding hydrogens is 300 g/mol. The molecule has 18 heavy (non-hydrogen) atoms. The fraction of sp³-hybridized carbons (Fsp3) is 0.500. The zero-order valence-electron chi connectivity index (χ0n) is 10.0. The van der Waals surface area contributed by atoms with Crippen LogP contribution in [0.2, 0.25) is 0 Å². The lowest BCUT2D eigenvalue weighted by atomic mass is 10.0. The monoisotopic (exact) mass is 314 g/mol. The molecule has 2 heterocycles. The van der Waals surface area contributed by atoms with Gasteiger partial charge in [-0.05, 0) is 25.8 Å². The molecule has 2 unspecified atom stereocenters. The van der Waals surface area contributed by atoms with Crippen molar-refractivity contribution in [2.45, 2.75) is 31.9 Å². The summed E-state index contributed by atoms with van der Waals surface area (Å²) in [5.74, 6) is 0.522. The lowest BCUT2D eigenvalue weighted by Crippen LogP contribution is -2.48. The summed E-state index contributed by atoms with van der Waals surface area (Å²) in [5.41, 5.74) is 0. The Hall–Kier alpha value is -1.30. The van der Waals surface area contributed by atoms with Crippen molar-refractivity contribution < 1.29 is 14.6 Å². The quantitative estimate of drug-likeness (QED) is 0.911. The first-order valence-corrected chi connectivity index (χ1v) is 6.63. The topological polar surface area (TPSA) is 62.7 Å². The number of nitrogens with zero attached hydrogens (tertiary/aromatic N) is 2. The number of pyridine rings is 1. The zero-order valence-corrected chi connectivity index (χ0v) is 11.6. The average molecular weight is 315 g/mol. The molecule has 1 amide bonds. The Kier molecular flexibility index (Phi) is 4.06. The first-order chi connectivity index (χ1) is 8.56. The van der Waals surface area contributed by atoms with Gasteiger partial charge in [0.05, 0.1) is 6.54 Å². The van der Waals surface area contributed by atoms with Crippen molar-refractivity contribution in [3.05, 3.63) is 22.8 Å². The zero-order chi connectivity index (χ0) is 13.1. The van der Waals surface area contributed by atoms with Crippen LogP contribution in [0, 0.1) is 0 Å².